The first-order valence-electron chi connectivity index (χ1n) is 10.0. The predicted octanol–water partition coefficient (Wildman–Crippen LogP) is 5.49. The largest absolute Gasteiger partial charge is 0.507 e. The number of halogens is 1. The zero-order valence-corrected chi connectivity index (χ0v) is 18.9. The summed E-state index contributed by atoms with van der Waals surface area (Å²) in [5.41, 5.74) is 2.64. The van der Waals surface area contributed by atoms with Crippen LogP contribution in [-0.2, 0) is 9.59 Å². The van der Waals surface area contributed by atoms with Crippen molar-refractivity contribution in [2.75, 3.05) is 12.0 Å². The van der Waals surface area contributed by atoms with E-state index in [1.165, 1.54) is 18.1 Å². The summed E-state index contributed by atoms with van der Waals surface area (Å²) < 4.78 is 11.0. The molecule has 1 fully saturated rings. The van der Waals surface area contributed by atoms with Crippen LogP contribution in [0, 0.1) is 20.8 Å². The molecule has 1 aromatic heterocycles. The van der Waals surface area contributed by atoms with E-state index >= 15 is 0 Å². The Hall–Kier alpha value is -3.51. The van der Waals surface area contributed by atoms with Crippen molar-refractivity contribution >= 4 is 34.7 Å². The van der Waals surface area contributed by atoms with Crippen LogP contribution in [0.4, 0.5) is 5.69 Å². The number of nitrogens with zero attached hydrogens (tertiary/aromatic N) is 1. The third-order valence-electron chi connectivity index (χ3n) is 5.74. The molecule has 0 spiro atoms. The number of ketones is 1. The second-order valence-electron chi connectivity index (χ2n) is 7.69. The van der Waals surface area contributed by atoms with E-state index in [9.17, 15) is 14.7 Å². The standard InChI is InChI=1S/C25H22ClNO5/c1-13-6-5-7-18(15(13)3)27-22(20-10-8-14(2)32-20)21(24(29)25(27)30)23(28)16-9-11-19(31-4)17(26)12-16/h5-12,22,28H,1-4H3/b23-21-. The maximum atomic E-state index is 13.2. The van der Waals surface area contributed by atoms with Crippen molar-refractivity contribution in [2.45, 2.75) is 26.8 Å². The number of ether oxygens (including phenoxy) is 1. The molecular formula is C25H22ClNO5. The Labute approximate surface area is 190 Å². The Morgan fingerprint density at radius 3 is 2.47 bits per heavy atom. The number of amides is 1. The number of carbonyl (C=O) groups excluding carboxylic acids is 2. The van der Waals surface area contributed by atoms with Gasteiger partial charge in [-0.15, -0.1) is 0 Å². The number of rotatable bonds is 4. The molecule has 1 unspecified atom stereocenters. The van der Waals surface area contributed by atoms with Crippen molar-refractivity contribution in [3.05, 3.63) is 87.3 Å². The summed E-state index contributed by atoms with van der Waals surface area (Å²) in [6, 6.07) is 12.7. The number of furan rings is 1. The fourth-order valence-electron chi connectivity index (χ4n) is 3.92. The minimum Gasteiger partial charge on any atom is -0.507 e. The van der Waals surface area contributed by atoms with Gasteiger partial charge in [0.05, 0.1) is 17.7 Å². The molecule has 7 heteroatoms. The monoisotopic (exact) mass is 451 g/mol. The molecule has 4 rings (SSSR count). The lowest BCUT2D eigenvalue weighted by Gasteiger charge is -2.25. The van der Waals surface area contributed by atoms with Gasteiger partial charge >= 0.3 is 0 Å². The molecule has 1 aliphatic heterocycles. The van der Waals surface area contributed by atoms with Gasteiger partial charge in [-0.1, -0.05) is 23.7 Å². The van der Waals surface area contributed by atoms with E-state index in [1.807, 2.05) is 26.0 Å². The van der Waals surface area contributed by atoms with Crippen molar-refractivity contribution in [1.82, 2.24) is 0 Å². The lowest BCUT2D eigenvalue weighted by atomic mass is 9.98. The number of aliphatic hydroxyl groups excluding tert-OH is 1. The average molecular weight is 452 g/mol. The molecule has 0 bridgehead atoms. The van der Waals surface area contributed by atoms with Crippen LogP contribution in [0.3, 0.4) is 0 Å². The van der Waals surface area contributed by atoms with Gasteiger partial charge in [0.25, 0.3) is 11.7 Å². The number of aryl methyl sites for hydroxylation is 2. The number of hydrogen-bond donors (Lipinski definition) is 1. The molecule has 0 radical (unpaired) electrons. The van der Waals surface area contributed by atoms with Crippen molar-refractivity contribution in [2.24, 2.45) is 0 Å². The SMILES string of the molecule is COc1ccc(/C(O)=C2/C(=O)C(=O)N(c3cccc(C)c3C)C2c2ccc(C)o2)cc1Cl. The van der Waals surface area contributed by atoms with Gasteiger partial charge in [0.15, 0.2) is 0 Å². The highest BCUT2D eigenvalue weighted by atomic mass is 35.5. The molecule has 0 aliphatic carbocycles. The Bertz CT molecular complexity index is 1270. The molecule has 32 heavy (non-hydrogen) atoms. The normalized spacial score (nSPS) is 17.8. The second-order valence-corrected chi connectivity index (χ2v) is 8.09. The van der Waals surface area contributed by atoms with Crippen molar-refractivity contribution in [3.63, 3.8) is 0 Å². The molecule has 1 aliphatic rings. The molecule has 2 aromatic carbocycles. The van der Waals surface area contributed by atoms with Crippen LogP contribution in [0.1, 0.15) is 34.3 Å². The van der Waals surface area contributed by atoms with Gasteiger partial charge in [-0.3, -0.25) is 14.5 Å². The lowest BCUT2D eigenvalue weighted by Crippen LogP contribution is -2.30. The highest BCUT2D eigenvalue weighted by Gasteiger charge is 2.48. The van der Waals surface area contributed by atoms with Crippen LogP contribution in [0.2, 0.25) is 5.02 Å². The third kappa shape index (κ3) is 3.46. The number of hydrogen-bond acceptors (Lipinski definition) is 5. The summed E-state index contributed by atoms with van der Waals surface area (Å²) in [4.78, 5) is 27.8. The van der Waals surface area contributed by atoms with Crippen molar-refractivity contribution in [1.29, 1.82) is 0 Å². The Morgan fingerprint density at radius 1 is 1.09 bits per heavy atom. The Balaban J connectivity index is 1.96. The fraction of sp³-hybridized carbons (Fsp3) is 0.200. The second kappa shape index (κ2) is 8.20. The number of Topliss-reactive ketones (excluding diaryl/α,β-unsaturated/α-hetero) is 1. The van der Waals surface area contributed by atoms with Gasteiger partial charge in [0, 0.05) is 11.3 Å². The van der Waals surface area contributed by atoms with E-state index < -0.39 is 17.7 Å². The van der Waals surface area contributed by atoms with Crippen LogP contribution < -0.4 is 9.64 Å². The first-order chi connectivity index (χ1) is 15.2. The van der Waals surface area contributed by atoms with Gasteiger partial charge < -0.3 is 14.3 Å². The minimum atomic E-state index is -0.926. The predicted molar refractivity (Wildman–Crippen MR) is 122 cm³/mol. The van der Waals surface area contributed by atoms with Gasteiger partial charge in [-0.25, -0.2) is 0 Å². The van der Waals surface area contributed by atoms with E-state index in [-0.39, 0.29) is 16.4 Å². The van der Waals surface area contributed by atoms with Crippen LogP contribution in [0.25, 0.3) is 5.76 Å². The van der Waals surface area contributed by atoms with Crippen LogP contribution in [0.15, 0.2) is 58.5 Å². The first-order valence-corrected chi connectivity index (χ1v) is 10.4. The van der Waals surface area contributed by atoms with E-state index in [0.717, 1.165) is 11.1 Å². The Morgan fingerprint density at radius 2 is 1.84 bits per heavy atom. The van der Waals surface area contributed by atoms with Gasteiger partial charge in [-0.05, 0) is 68.3 Å². The fourth-order valence-corrected chi connectivity index (χ4v) is 4.17. The quantitative estimate of drug-likeness (QED) is 0.322. The minimum absolute atomic E-state index is 0.0634. The lowest BCUT2D eigenvalue weighted by molar-refractivity contribution is -0.132. The molecule has 3 aromatic rings. The van der Waals surface area contributed by atoms with E-state index in [0.29, 0.717) is 28.5 Å². The smallest absolute Gasteiger partial charge is 0.300 e. The molecule has 6 nitrogen and oxygen atoms in total. The number of aliphatic hydroxyl groups is 1. The number of methoxy groups -OCH3 is 1. The zero-order valence-electron chi connectivity index (χ0n) is 18.1. The van der Waals surface area contributed by atoms with Crippen LogP contribution >= 0.6 is 11.6 Å². The molecule has 1 atom stereocenters. The summed E-state index contributed by atoms with van der Waals surface area (Å²) in [5.74, 6) is -0.437. The van der Waals surface area contributed by atoms with Gasteiger partial charge in [0.1, 0.15) is 29.1 Å². The number of benzene rings is 2. The third-order valence-corrected chi connectivity index (χ3v) is 6.03. The molecule has 0 saturated carbocycles. The number of anilines is 1. The van der Waals surface area contributed by atoms with Crippen LogP contribution in [-0.4, -0.2) is 23.9 Å². The van der Waals surface area contributed by atoms with E-state index in [4.69, 9.17) is 20.8 Å². The molecule has 164 valence electrons. The van der Waals surface area contributed by atoms with Crippen LogP contribution in [0.5, 0.6) is 5.75 Å². The van der Waals surface area contributed by atoms with E-state index in [2.05, 4.69) is 0 Å². The van der Waals surface area contributed by atoms with Crippen molar-refractivity contribution < 1.29 is 23.8 Å². The van der Waals surface area contributed by atoms with E-state index in [1.54, 1.807) is 37.3 Å². The maximum absolute atomic E-state index is 13.2. The summed E-state index contributed by atoms with van der Waals surface area (Å²) in [6.45, 7) is 5.59. The summed E-state index contributed by atoms with van der Waals surface area (Å²) in [7, 11) is 1.48. The molecule has 2 heterocycles. The highest BCUT2D eigenvalue weighted by Crippen LogP contribution is 2.44. The number of carbonyl (C=O) groups is 2. The highest BCUT2D eigenvalue weighted by molar-refractivity contribution is 6.51. The molecular weight excluding hydrogens is 430 g/mol. The van der Waals surface area contributed by atoms with Crippen molar-refractivity contribution in [3.8, 4) is 5.75 Å². The summed E-state index contributed by atoms with van der Waals surface area (Å²) >= 11 is 6.23. The topological polar surface area (TPSA) is 80.0 Å². The average Bonchev–Trinajstić information content (AvgIpc) is 3.30. The van der Waals surface area contributed by atoms with Gasteiger partial charge in [0.2, 0.25) is 0 Å². The summed E-state index contributed by atoms with van der Waals surface area (Å²) in [5, 5.41) is 11.4. The maximum Gasteiger partial charge on any atom is 0.300 e. The molecule has 1 amide bonds. The van der Waals surface area contributed by atoms with Gasteiger partial charge in [-0.2, -0.15) is 0 Å². The molecule has 1 saturated heterocycles. The molecule has 1 N–H and O–H groups in total. The summed E-state index contributed by atoms with van der Waals surface area (Å²) in [6.07, 6.45) is 0. The zero-order chi connectivity index (χ0) is 23.2. The first kappa shape index (κ1) is 21.7. The Kier molecular flexibility index (Phi) is 5.57.